The second-order valence-electron chi connectivity index (χ2n) is 10.0. The van der Waals surface area contributed by atoms with Gasteiger partial charge in [-0.25, -0.2) is 0 Å². The lowest BCUT2D eigenvalue weighted by atomic mass is 9.92. The van der Waals surface area contributed by atoms with Gasteiger partial charge < -0.3 is 10.2 Å². The molecular formula is C25H30F6N2O. The molecule has 3 nitrogen and oxygen atoms in total. The van der Waals surface area contributed by atoms with Crippen molar-refractivity contribution in [1.82, 2.24) is 10.2 Å². The summed E-state index contributed by atoms with van der Waals surface area (Å²) < 4.78 is 81.7. The molecule has 1 aromatic carbocycles. The molecule has 4 rings (SSSR count). The van der Waals surface area contributed by atoms with E-state index in [0.717, 1.165) is 44.9 Å². The highest BCUT2D eigenvalue weighted by molar-refractivity contribution is 5.90. The molecule has 3 aliphatic rings. The Balaban J connectivity index is 1.69. The van der Waals surface area contributed by atoms with E-state index >= 15 is 0 Å². The van der Waals surface area contributed by atoms with Crippen molar-refractivity contribution in [3.05, 3.63) is 41.0 Å². The van der Waals surface area contributed by atoms with Crippen molar-refractivity contribution in [3.63, 3.8) is 0 Å². The minimum Gasteiger partial charge on any atom is -0.357 e. The van der Waals surface area contributed by atoms with Crippen LogP contribution >= 0.6 is 0 Å². The fraction of sp³-hybridized carbons (Fsp3) is 0.640. The third-order valence-electron chi connectivity index (χ3n) is 7.40. The van der Waals surface area contributed by atoms with Gasteiger partial charge in [-0.1, -0.05) is 38.2 Å². The SMILES string of the molecule is CC1(C(=O)NC2CCCCC2)CC=C(c2cc(C(F)(F)F)ccc2C(F)(F)F)N1CCC1CC1. The molecule has 34 heavy (non-hydrogen) atoms. The Bertz CT molecular complexity index is 944. The van der Waals surface area contributed by atoms with Crippen molar-refractivity contribution >= 4 is 11.6 Å². The van der Waals surface area contributed by atoms with Crippen LogP contribution in [0.3, 0.4) is 0 Å². The number of amides is 1. The molecule has 1 aliphatic heterocycles. The number of halogens is 6. The van der Waals surface area contributed by atoms with Crippen molar-refractivity contribution in [3.8, 4) is 0 Å². The van der Waals surface area contributed by atoms with Crippen molar-refractivity contribution in [2.75, 3.05) is 6.54 Å². The maximum atomic E-state index is 13.8. The number of nitrogens with zero attached hydrogens (tertiary/aromatic N) is 1. The van der Waals surface area contributed by atoms with Gasteiger partial charge in [0.1, 0.15) is 5.54 Å². The summed E-state index contributed by atoms with van der Waals surface area (Å²) >= 11 is 0. The lowest BCUT2D eigenvalue weighted by molar-refractivity contribution is -0.141. The monoisotopic (exact) mass is 488 g/mol. The van der Waals surface area contributed by atoms with Gasteiger partial charge in [-0.05, 0) is 56.7 Å². The van der Waals surface area contributed by atoms with Crippen molar-refractivity contribution < 1.29 is 31.1 Å². The summed E-state index contributed by atoms with van der Waals surface area (Å²) in [6.45, 7) is 2.00. The number of rotatable bonds is 6. The number of carbonyl (C=O) groups is 1. The number of benzene rings is 1. The minimum absolute atomic E-state index is 0.0201. The Hall–Kier alpha value is -2.19. The Morgan fingerprint density at radius 2 is 1.71 bits per heavy atom. The van der Waals surface area contributed by atoms with E-state index in [0.29, 0.717) is 37.1 Å². The van der Waals surface area contributed by atoms with Crippen LogP contribution in [0.2, 0.25) is 0 Å². The van der Waals surface area contributed by atoms with Gasteiger partial charge in [0.25, 0.3) is 0 Å². The first kappa shape index (κ1) is 24.9. The third-order valence-corrected chi connectivity index (χ3v) is 7.40. The molecule has 188 valence electrons. The van der Waals surface area contributed by atoms with Gasteiger partial charge in [0.05, 0.1) is 11.1 Å². The second kappa shape index (κ2) is 9.11. The van der Waals surface area contributed by atoms with E-state index in [1.165, 1.54) is 6.08 Å². The first-order valence-electron chi connectivity index (χ1n) is 12.0. The number of carbonyl (C=O) groups excluding carboxylic acids is 1. The summed E-state index contributed by atoms with van der Waals surface area (Å²) in [5, 5.41) is 3.07. The van der Waals surface area contributed by atoms with E-state index in [4.69, 9.17) is 0 Å². The van der Waals surface area contributed by atoms with Crippen LogP contribution in [0.4, 0.5) is 26.3 Å². The van der Waals surface area contributed by atoms with E-state index < -0.39 is 34.6 Å². The summed E-state index contributed by atoms with van der Waals surface area (Å²) in [6, 6.07) is 1.55. The Morgan fingerprint density at radius 1 is 1.03 bits per heavy atom. The smallest absolute Gasteiger partial charge is 0.357 e. The fourth-order valence-corrected chi connectivity index (χ4v) is 5.11. The summed E-state index contributed by atoms with van der Waals surface area (Å²) in [5.74, 6) is 0.165. The average molecular weight is 489 g/mol. The van der Waals surface area contributed by atoms with Crippen molar-refractivity contribution in [2.45, 2.75) is 88.6 Å². The average Bonchev–Trinajstić information content (AvgIpc) is 3.53. The Morgan fingerprint density at radius 3 is 2.29 bits per heavy atom. The molecule has 2 aliphatic carbocycles. The van der Waals surface area contributed by atoms with Crippen LogP contribution < -0.4 is 5.32 Å². The molecule has 1 aromatic rings. The lowest BCUT2D eigenvalue weighted by Crippen LogP contribution is -2.56. The zero-order valence-corrected chi connectivity index (χ0v) is 19.2. The molecule has 1 unspecified atom stereocenters. The van der Waals surface area contributed by atoms with Gasteiger partial charge in [-0.3, -0.25) is 4.79 Å². The van der Waals surface area contributed by atoms with Gasteiger partial charge in [0.15, 0.2) is 0 Å². The normalized spacial score (nSPS) is 24.3. The van der Waals surface area contributed by atoms with Gasteiger partial charge in [0, 0.05) is 23.8 Å². The standard InChI is InChI=1S/C25H30F6N2O/c1-23(22(34)32-18-5-3-2-4-6-18)13-11-21(33(23)14-12-16-7-8-16)19-15-17(24(26,27)28)9-10-20(19)25(29,30)31/h9-11,15-16,18H,2-8,12-14H2,1H3,(H,32,34). The van der Waals surface area contributed by atoms with Crippen LogP contribution in [-0.2, 0) is 17.1 Å². The third kappa shape index (κ3) is 5.23. The second-order valence-corrected chi connectivity index (χ2v) is 10.0. The van der Waals surface area contributed by atoms with Gasteiger partial charge in [-0.2, -0.15) is 26.3 Å². The van der Waals surface area contributed by atoms with Crippen LogP contribution in [0.5, 0.6) is 0 Å². The molecule has 0 bridgehead atoms. The lowest BCUT2D eigenvalue weighted by Gasteiger charge is -2.40. The molecule has 0 radical (unpaired) electrons. The number of nitrogens with one attached hydrogen (secondary N) is 1. The zero-order chi connectivity index (χ0) is 24.7. The minimum atomic E-state index is -4.83. The predicted molar refractivity (Wildman–Crippen MR) is 117 cm³/mol. The van der Waals surface area contributed by atoms with E-state index in [1.54, 1.807) is 11.8 Å². The van der Waals surface area contributed by atoms with Gasteiger partial charge in [0.2, 0.25) is 5.91 Å². The van der Waals surface area contributed by atoms with Crippen molar-refractivity contribution in [2.24, 2.45) is 5.92 Å². The Labute approximate surface area is 195 Å². The van der Waals surface area contributed by atoms with E-state index in [-0.39, 0.29) is 24.1 Å². The highest BCUT2D eigenvalue weighted by Crippen LogP contribution is 2.45. The molecular weight excluding hydrogens is 458 g/mol. The molecule has 0 aromatic heterocycles. The summed E-state index contributed by atoms with van der Waals surface area (Å²) in [5.41, 5.74) is -3.88. The molecule has 1 amide bonds. The van der Waals surface area contributed by atoms with Crippen LogP contribution in [0.15, 0.2) is 24.3 Å². The largest absolute Gasteiger partial charge is 0.417 e. The molecule has 2 fully saturated rings. The highest BCUT2D eigenvalue weighted by atomic mass is 19.4. The fourth-order valence-electron chi connectivity index (χ4n) is 5.11. The number of hydrogen-bond acceptors (Lipinski definition) is 2. The van der Waals surface area contributed by atoms with Crippen molar-refractivity contribution in [1.29, 1.82) is 0 Å². The molecule has 1 atom stereocenters. The maximum absolute atomic E-state index is 13.8. The summed E-state index contributed by atoms with van der Waals surface area (Å²) in [7, 11) is 0. The first-order valence-corrected chi connectivity index (χ1v) is 12.0. The summed E-state index contributed by atoms with van der Waals surface area (Å²) in [6.07, 6.45) is -0.397. The summed E-state index contributed by atoms with van der Waals surface area (Å²) in [4.78, 5) is 15.0. The molecule has 9 heteroatoms. The zero-order valence-electron chi connectivity index (χ0n) is 19.2. The quantitative estimate of drug-likeness (QED) is 0.448. The van der Waals surface area contributed by atoms with Crippen LogP contribution in [0, 0.1) is 5.92 Å². The van der Waals surface area contributed by atoms with Gasteiger partial charge in [-0.15, -0.1) is 0 Å². The van der Waals surface area contributed by atoms with Gasteiger partial charge >= 0.3 is 12.4 Å². The number of alkyl halides is 6. The van der Waals surface area contributed by atoms with Crippen LogP contribution in [-0.4, -0.2) is 28.9 Å². The number of hydrogen-bond donors (Lipinski definition) is 1. The van der Waals surface area contributed by atoms with E-state index in [2.05, 4.69) is 5.32 Å². The molecule has 0 spiro atoms. The Kier molecular flexibility index (Phi) is 6.68. The molecule has 1 heterocycles. The molecule has 1 N–H and O–H groups in total. The molecule has 0 saturated heterocycles. The van der Waals surface area contributed by atoms with Crippen LogP contribution in [0.1, 0.15) is 81.4 Å². The van der Waals surface area contributed by atoms with E-state index in [1.807, 2.05) is 0 Å². The first-order chi connectivity index (χ1) is 15.9. The topological polar surface area (TPSA) is 32.3 Å². The molecule has 2 saturated carbocycles. The highest BCUT2D eigenvalue weighted by Gasteiger charge is 2.47. The maximum Gasteiger partial charge on any atom is 0.417 e. The van der Waals surface area contributed by atoms with E-state index in [9.17, 15) is 31.1 Å². The predicted octanol–water partition coefficient (Wildman–Crippen LogP) is 6.78. The van der Waals surface area contributed by atoms with Crippen LogP contribution in [0.25, 0.3) is 5.70 Å².